The second-order valence-corrected chi connectivity index (χ2v) is 5.19. The smallest absolute Gasteiger partial charge is 0.244 e. The van der Waals surface area contributed by atoms with Crippen molar-refractivity contribution in [3.8, 4) is 5.69 Å². The summed E-state index contributed by atoms with van der Waals surface area (Å²) in [7, 11) is 0. The summed E-state index contributed by atoms with van der Waals surface area (Å²) in [5.74, 6) is 0.576. The Morgan fingerprint density at radius 2 is 1.79 bits per heavy atom. The van der Waals surface area contributed by atoms with E-state index in [-0.39, 0.29) is 5.69 Å². The zero-order chi connectivity index (χ0) is 13.1. The summed E-state index contributed by atoms with van der Waals surface area (Å²) in [5, 5.41) is 7.97. The lowest BCUT2D eigenvalue weighted by molar-refractivity contribution is 0.302. The SMILES string of the molecule is O=c1n(CC2CCCCC2)nnn1-c1ccccc1. The van der Waals surface area contributed by atoms with Gasteiger partial charge in [-0.2, -0.15) is 9.36 Å². The van der Waals surface area contributed by atoms with Gasteiger partial charge in [0, 0.05) is 0 Å². The van der Waals surface area contributed by atoms with Crippen molar-refractivity contribution in [2.45, 2.75) is 38.6 Å². The van der Waals surface area contributed by atoms with Crippen molar-refractivity contribution in [1.82, 2.24) is 19.8 Å². The van der Waals surface area contributed by atoms with Crippen LogP contribution in [-0.4, -0.2) is 19.8 Å². The standard InChI is InChI=1S/C14H18N4O/c19-14-17(11-12-7-3-1-4-8-12)15-16-18(14)13-9-5-2-6-10-13/h2,5-6,9-10,12H,1,3-4,7-8,11H2. The van der Waals surface area contributed by atoms with Crippen molar-refractivity contribution in [2.24, 2.45) is 5.92 Å². The number of rotatable bonds is 3. The molecule has 0 spiro atoms. The number of benzene rings is 1. The van der Waals surface area contributed by atoms with Crippen LogP contribution in [0.25, 0.3) is 5.69 Å². The van der Waals surface area contributed by atoms with E-state index in [0.29, 0.717) is 12.5 Å². The quantitative estimate of drug-likeness (QED) is 0.846. The van der Waals surface area contributed by atoms with Crippen LogP contribution in [0.1, 0.15) is 32.1 Å². The van der Waals surface area contributed by atoms with Gasteiger partial charge in [-0.15, -0.1) is 0 Å². The molecule has 0 amide bonds. The third-order valence-corrected chi connectivity index (χ3v) is 3.80. The van der Waals surface area contributed by atoms with Crippen LogP contribution in [0.3, 0.4) is 0 Å². The Morgan fingerprint density at radius 3 is 2.53 bits per heavy atom. The minimum Gasteiger partial charge on any atom is -0.244 e. The highest BCUT2D eigenvalue weighted by Crippen LogP contribution is 2.24. The molecule has 2 aromatic rings. The number of nitrogens with zero attached hydrogens (tertiary/aromatic N) is 4. The monoisotopic (exact) mass is 258 g/mol. The first-order valence-corrected chi connectivity index (χ1v) is 6.93. The number of hydrogen-bond donors (Lipinski definition) is 0. The summed E-state index contributed by atoms with van der Waals surface area (Å²) in [5.41, 5.74) is 0.624. The van der Waals surface area contributed by atoms with Gasteiger partial charge in [-0.3, -0.25) is 0 Å². The third kappa shape index (κ3) is 2.59. The van der Waals surface area contributed by atoms with Gasteiger partial charge < -0.3 is 0 Å². The fourth-order valence-electron chi connectivity index (χ4n) is 2.73. The Kier molecular flexibility index (Phi) is 3.44. The van der Waals surface area contributed by atoms with Crippen molar-refractivity contribution in [2.75, 3.05) is 0 Å². The Hall–Kier alpha value is -1.91. The Bertz CT molecular complexity index is 581. The van der Waals surface area contributed by atoms with Gasteiger partial charge in [0.1, 0.15) is 0 Å². The summed E-state index contributed by atoms with van der Waals surface area (Å²) < 4.78 is 2.87. The first-order chi connectivity index (χ1) is 9.34. The van der Waals surface area contributed by atoms with E-state index in [0.717, 1.165) is 5.69 Å². The molecule has 0 saturated heterocycles. The van der Waals surface area contributed by atoms with Crippen LogP contribution in [0, 0.1) is 5.92 Å². The van der Waals surface area contributed by atoms with Crippen LogP contribution in [0.2, 0.25) is 0 Å². The molecule has 1 aromatic heterocycles. The van der Waals surface area contributed by atoms with E-state index in [9.17, 15) is 4.79 Å². The van der Waals surface area contributed by atoms with Crippen molar-refractivity contribution < 1.29 is 0 Å². The third-order valence-electron chi connectivity index (χ3n) is 3.80. The Morgan fingerprint density at radius 1 is 1.05 bits per heavy atom. The minimum atomic E-state index is -0.142. The molecule has 0 N–H and O–H groups in total. The average Bonchev–Trinajstić information content (AvgIpc) is 2.82. The number of para-hydroxylation sites is 1. The van der Waals surface area contributed by atoms with Crippen molar-refractivity contribution >= 4 is 0 Å². The second-order valence-electron chi connectivity index (χ2n) is 5.19. The average molecular weight is 258 g/mol. The van der Waals surface area contributed by atoms with Gasteiger partial charge in [0.15, 0.2) is 0 Å². The number of tetrazole rings is 1. The van der Waals surface area contributed by atoms with E-state index in [4.69, 9.17) is 0 Å². The van der Waals surface area contributed by atoms with Gasteiger partial charge in [-0.25, -0.2) is 4.79 Å². The van der Waals surface area contributed by atoms with E-state index in [1.165, 1.54) is 41.5 Å². The van der Waals surface area contributed by atoms with Gasteiger partial charge in [0.05, 0.1) is 12.2 Å². The van der Waals surface area contributed by atoms with Crippen LogP contribution >= 0.6 is 0 Å². The van der Waals surface area contributed by atoms with Gasteiger partial charge in [-0.05, 0) is 41.3 Å². The number of aromatic nitrogens is 4. The fraction of sp³-hybridized carbons (Fsp3) is 0.500. The molecule has 1 aliphatic carbocycles. The molecule has 1 fully saturated rings. The zero-order valence-electron chi connectivity index (χ0n) is 10.9. The van der Waals surface area contributed by atoms with Crippen LogP contribution in [0.15, 0.2) is 35.1 Å². The molecule has 0 radical (unpaired) electrons. The van der Waals surface area contributed by atoms with E-state index in [1.54, 1.807) is 0 Å². The maximum atomic E-state index is 12.2. The Labute approximate surface area is 111 Å². The summed E-state index contributed by atoms with van der Waals surface area (Å²) in [4.78, 5) is 12.2. The molecule has 0 bridgehead atoms. The van der Waals surface area contributed by atoms with E-state index >= 15 is 0 Å². The van der Waals surface area contributed by atoms with Gasteiger partial charge in [0.2, 0.25) is 0 Å². The predicted molar refractivity (Wildman–Crippen MR) is 72.2 cm³/mol. The Balaban J connectivity index is 1.81. The maximum Gasteiger partial charge on any atom is 0.368 e. The predicted octanol–water partition coefficient (Wildman–Crippen LogP) is 2.01. The summed E-state index contributed by atoms with van der Waals surface area (Å²) >= 11 is 0. The van der Waals surface area contributed by atoms with Gasteiger partial charge in [0.25, 0.3) is 0 Å². The molecule has 1 heterocycles. The summed E-state index contributed by atoms with van der Waals surface area (Å²) in [6.45, 7) is 0.700. The zero-order valence-corrected chi connectivity index (χ0v) is 10.9. The highest BCUT2D eigenvalue weighted by atomic mass is 16.2. The molecular formula is C14H18N4O. The van der Waals surface area contributed by atoms with E-state index < -0.39 is 0 Å². The van der Waals surface area contributed by atoms with Crippen LogP contribution in [0.4, 0.5) is 0 Å². The molecule has 5 nitrogen and oxygen atoms in total. The van der Waals surface area contributed by atoms with Gasteiger partial charge in [-0.1, -0.05) is 37.5 Å². The lowest BCUT2D eigenvalue weighted by atomic mass is 9.89. The van der Waals surface area contributed by atoms with Crippen LogP contribution < -0.4 is 5.69 Å². The molecule has 1 aliphatic rings. The molecule has 5 heteroatoms. The topological polar surface area (TPSA) is 52.7 Å². The molecule has 1 aromatic carbocycles. The molecule has 0 aliphatic heterocycles. The van der Waals surface area contributed by atoms with Crippen molar-refractivity contribution in [3.63, 3.8) is 0 Å². The molecule has 0 atom stereocenters. The lowest BCUT2D eigenvalue weighted by Crippen LogP contribution is -2.27. The second kappa shape index (κ2) is 5.38. The summed E-state index contributed by atoms with van der Waals surface area (Å²) in [6.07, 6.45) is 6.26. The summed E-state index contributed by atoms with van der Waals surface area (Å²) in [6, 6.07) is 9.42. The number of hydrogen-bond acceptors (Lipinski definition) is 3. The largest absolute Gasteiger partial charge is 0.368 e. The van der Waals surface area contributed by atoms with Crippen LogP contribution in [0.5, 0.6) is 0 Å². The van der Waals surface area contributed by atoms with Crippen LogP contribution in [-0.2, 0) is 6.54 Å². The highest BCUT2D eigenvalue weighted by molar-refractivity contribution is 5.28. The lowest BCUT2D eigenvalue weighted by Gasteiger charge is -2.20. The van der Waals surface area contributed by atoms with E-state index in [2.05, 4.69) is 10.4 Å². The minimum absolute atomic E-state index is 0.142. The normalized spacial score (nSPS) is 16.6. The molecular weight excluding hydrogens is 240 g/mol. The highest BCUT2D eigenvalue weighted by Gasteiger charge is 2.17. The fourth-order valence-corrected chi connectivity index (χ4v) is 2.73. The molecule has 1 saturated carbocycles. The molecule has 0 unspecified atom stereocenters. The first kappa shape index (κ1) is 12.1. The van der Waals surface area contributed by atoms with Crippen molar-refractivity contribution in [1.29, 1.82) is 0 Å². The molecule has 100 valence electrons. The van der Waals surface area contributed by atoms with Gasteiger partial charge >= 0.3 is 5.69 Å². The van der Waals surface area contributed by atoms with E-state index in [1.807, 2.05) is 30.3 Å². The maximum absolute atomic E-state index is 12.2. The van der Waals surface area contributed by atoms with Crippen molar-refractivity contribution in [3.05, 3.63) is 40.8 Å². The molecule has 19 heavy (non-hydrogen) atoms. The first-order valence-electron chi connectivity index (χ1n) is 6.93. The molecule has 3 rings (SSSR count).